The van der Waals surface area contributed by atoms with Crippen LogP contribution in [0.4, 0.5) is 0 Å². The number of hydrogen-bond acceptors (Lipinski definition) is 3. The van der Waals surface area contributed by atoms with Gasteiger partial charge in [-0.3, -0.25) is 0 Å². The number of hydrogen-bond donors (Lipinski definition) is 1. The summed E-state index contributed by atoms with van der Waals surface area (Å²) in [6.07, 6.45) is 5.08. The van der Waals surface area contributed by atoms with E-state index in [1.807, 2.05) is 0 Å². The van der Waals surface area contributed by atoms with Crippen LogP contribution in [0.25, 0.3) is 0 Å². The van der Waals surface area contributed by atoms with E-state index in [2.05, 4.69) is 24.1 Å². The highest BCUT2D eigenvalue weighted by Gasteiger charge is 2.24. The quantitative estimate of drug-likeness (QED) is 0.812. The van der Waals surface area contributed by atoms with Gasteiger partial charge in [0.05, 0.1) is 0 Å². The first kappa shape index (κ1) is 13.3. The molecule has 1 N–H and O–H groups in total. The number of nitrogens with one attached hydrogen (secondary N) is 1. The zero-order valence-corrected chi connectivity index (χ0v) is 11.5. The van der Waals surface area contributed by atoms with Gasteiger partial charge in [-0.05, 0) is 44.2 Å². The summed E-state index contributed by atoms with van der Waals surface area (Å²) in [5, 5.41) is 3.67. The third-order valence-corrected chi connectivity index (χ3v) is 4.29. The Bertz CT molecular complexity index is 214. The van der Waals surface area contributed by atoms with Crippen LogP contribution in [-0.2, 0) is 4.74 Å². The number of nitrogens with zero attached hydrogens (tertiary/aromatic N) is 1. The summed E-state index contributed by atoms with van der Waals surface area (Å²) in [4.78, 5) is 2.61. The Kier molecular flexibility index (Phi) is 4.83. The molecule has 3 heteroatoms. The molecule has 17 heavy (non-hydrogen) atoms. The van der Waals surface area contributed by atoms with Gasteiger partial charge in [-0.1, -0.05) is 13.8 Å². The summed E-state index contributed by atoms with van der Waals surface area (Å²) in [5.74, 6) is 0. The molecular formula is C14H28N2O. The summed E-state index contributed by atoms with van der Waals surface area (Å²) in [7, 11) is 0. The molecular weight excluding hydrogens is 212 g/mol. The zero-order valence-electron chi connectivity index (χ0n) is 11.5. The Morgan fingerprint density at radius 1 is 1.18 bits per heavy atom. The molecule has 0 bridgehead atoms. The molecule has 2 fully saturated rings. The van der Waals surface area contributed by atoms with Crippen LogP contribution in [0.2, 0.25) is 0 Å². The number of likely N-dealkylation sites (tertiary alicyclic amines) is 1. The molecule has 0 aromatic heterocycles. The molecule has 0 saturated carbocycles. The fraction of sp³-hybridized carbons (Fsp3) is 1.00. The maximum atomic E-state index is 5.37. The Balaban J connectivity index is 1.56. The molecule has 0 aliphatic carbocycles. The lowest BCUT2D eigenvalue weighted by Crippen LogP contribution is -2.43. The molecule has 2 aliphatic rings. The largest absolute Gasteiger partial charge is 0.381 e. The van der Waals surface area contributed by atoms with Crippen molar-refractivity contribution < 1.29 is 4.74 Å². The Labute approximate surface area is 106 Å². The van der Waals surface area contributed by atoms with E-state index in [1.165, 1.54) is 45.3 Å². The fourth-order valence-electron chi connectivity index (χ4n) is 2.71. The van der Waals surface area contributed by atoms with E-state index in [0.717, 1.165) is 19.8 Å². The molecule has 0 spiro atoms. The summed E-state index contributed by atoms with van der Waals surface area (Å²) in [5.41, 5.74) is 0.574. The number of rotatable bonds is 4. The van der Waals surface area contributed by atoms with Gasteiger partial charge < -0.3 is 15.0 Å². The van der Waals surface area contributed by atoms with E-state index < -0.39 is 0 Å². The topological polar surface area (TPSA) is 24.5 Å². The van der Waals surface area contributed by atoms with Gasteiger partial charge in [-0.25, -0.2) is 0 Å². The number of ether oxygens (including phenoxy) is 1. The first-order valence-electron chi connectivity index (χ1n) is 7.19. The summed E-state index contributed by atoms with van der Waals surface area (Å²) >= 11 is 0. The standard InChI is InChI=1S/C14H28N2O/c1-14(2)5-8-16(9-6-14)10-7-15-13-3-11-17-12-4-13/h13,15H,3-12H2,1-2H3. The van der Waals surface area contributed by atoms with Crippen molar-refractivity contribution in [3.8, 4) is 0 Å². The van der Waals surface area contributed by atoms with Crippen molar-refractivity contribution in [2.24, 2.45) is 5.41 Å². The van der Waals surface area contributed by atoms with Gasteiger partial charge in [-0.2, -0.15) is 0 Å². The monoisotopic (exact) mass is 240 g/mol. The van der Waals surface area contributed by atoms with Crippen LogP contribution in [-0.4, -0.2) is 50.3 Å². The Morgan fingerprint density at radius 3 is 2.47 bits per heavy atom. The van der Waals surface area contributed by atoms with E-state index in [0.29, 0.717) is 11.5 Å². The van der Waals surface area contributed by atoms with Crippen molar-refractivity contribution in [1.82, 2.24) is 10.2 Å². The second-order valence-electron chi connectivity index (χ2n) is 6.35. The van der Waals surface area contributed by atoms with Gasteiger partial charge in [0.25, 0.3) is 0 Å². The molecule has 0 atom stereocenters. The molecule has 0 radical (unpaired) electrons. The van der Waals surface area contributed by atoms with Crippen molar-refractivity contribution in [2.45, 2.75) is 45.6 Å². The smallest absolute Gasteiger partial charge is 0.0480 e. The van der Waals surface area contributed by atoms with Crippen LogP contribution in [0.15, 0.2) is 0 Å². The van der Waals surface area contributed by atoms with Crippen molar-refractivity contribution >= 4 is 0 Å². The third kappa shape index (κ3) is 4.57. The number of piperidine rings is 1. The highest BCUT2D eigenvalue weighted by atomic mass is 16.5. The maximum absolute atomic E-state index is 5.37. The normalized spacial score (nSPS) is 27.2. The summed E-state index contributed by atoms with van der Waals surface area (Å²) in [6, 6.07) is 0.699. The molecule has 2 heterocycles. The lowest BCUT2D eigenvalue weighted by atomic mass is 9.83. The van der Waals surface area contributed by atoms with Crippen LogP contribution in [0, 0.1) is 5.41 Å². The van der Waals surface area contributed by atoms with Gasteiger partial charge in [0.15, 0.2) is 0 Å². The van der Waals surface area contributed by atoms with Crippen LogP contribution in [0.5, 0.6) is 0 Å². The summed E-state index contributed by atoms with van der Waals surface area (Å²) in [6.45, 7) is 11.6. The van der Waals surface area contributed by atoms with E-state index in [9.17, 15) is 0 Å². The van der Waals surface area contributed by atoms with E-state index in [4.69, 9.17) is 4.74 Å². The minimum absolute atomic E-state index is 0.574. The minimum Gasteiger partial charge on any atom is -0.381 e. The second kappa shape index (κ2) is 6.17. The van der Waals surface area contributed by atoms with E-state index >= 15 is 0 Å². The van der Waals surface area contributed by atoms with E-state index in [-0.39, 0.29) is 0 Å². The first-order valence-corrected chi connectivity index (χ1v) is 7.19. The average molecular weight is 240 g/mol. The fourth-order valence-corrected chi connectivity index (χ4v) is 2.71. The van der Waals surface area contributed by atoms with Crippen LogP contribution < -0.4 is 5.32 Å². The molecule has 0 aromatic carbocycles. The molecule has 0 unspecified atom stereocenters. The highest BCUT2D eigenvalue weighted by molar-refractivity contribution is 4.79. The maximum Gasteiger partial charge on any atom is 0.0480 e. The van der Waals surface area contributed by atoms with Gasteiger partial charge in [0.1, 0.15) is 0 Å². The minimum atomic E-state index is 0.574. The van der Waals surface area contributed by atoms with Crippen molar-refractivity contribution in [3.05, 3.63) is 0 Å². The highest BCUT2D eigenvalue weighted by Crippen LogP contribution is 2.29. The Hall–Kier alpha value is -0.120. The van der Waals surface area contributed by atoms with Gasteiger partial charge >= 0.3 is 0 Å². The molecule has 100 valence electrons. The lowest BCUT2D eigenvalue weighted by molar-refractivity contribution is 0.0757. The molecule has 2 aliphatic heterocycles. The zero-order chi connectivity index (χ0) is 12.1. The predicted octanol–water partition coefficient (Wildman–Crippen LogP) is 1.88. The Morgan fingerprint density at radius 2 is 1.82 bits per heavy atom. The molecule has 2 rings (SSSR count). The van der Waals surface area contributed by atoms with Crippen molar-refractivity contribution in [3.63, 3.8) is 0 Å². The van der Waals surface area contributed by atoms with E-state index in [1.54, 1.807) is 0 Å². The second-order valence-corrected chi connectivity index (χ2v) is 6.35. The van der Waals surface area contributed by atoms with Crippen LogP contribution >= 0.6 is 0 Å². The van der Waals surface area contributed by atoms with Crippen LogP contribution in [0.1, 0.15) is 39.5 Å². The molecule has 2 saturated heterocycles. The molecule has 0 aromatic rings. The van der Waals surface area contributed by atoms with Gasteiger partial charge in [0.2, 0.25) is 0 Å². The summed E-state index contributed by atoms with van der Waals surface area (Å²) < 4.78 is 5.37. The molecule has 0 amide bonds. The predicted molar refractivity (Wildman–Crippen MR) is 71.3 cm³/mol. The SMILES string of the molecule is CC1(C)CCN(CCNC2CCOCC2)CC1. The van der Waals surface area contributed by atoms with Crippen molar-refractivity contribution in [2.75, 3.05) is 39.4 Å². The lowest BCUT2D eigenvalue weighted by Gasteiger charge is -2.37. The van der Waals surface area contributed by atoms with Gasteiger partial charge in [0, 0.05) is 32.3 Å². The van der Waals surface area contributed by atoms with Crippen LogP contribution in [0.3, 0.4) is 0 Å². The third-order valence-electron chi connectivity index (χ3n) is 4.29. The van der Waals surface area contributed by atoms with Crippen molar-refractivity contribution in [1.29, 1.82) is 0 Å². The molecule has 3 nitrogen and oxygen atoms in total. The average Bonchev–Trinajstić information content (AvgIpc) is 2.33. The van der Waals surface area contributed by atoms with Gasteiger partial charge in [-0.15, -0.1) is 0 Å². The first-order chi connectivity index (χ1) is 8.16.